The highest BCUT2D eigenvalue weighted by Crippen LogP contribution is 2.66. The molecule has 5 aliphatic rings. The molecule has 1 spiro atoms. The average molecular weight is 959 g/mol. The van der Waals surface area contributed by atoms with E-state index in [0.29, 0.717) is 22.6 Å². The Morgan fingerprint density at radius 2 is 1.57 bits per heavy atom. The van der Waals surface area contributed by atoms with Crippen molar-refractivity contribution >= 4 is 35.6 Å². The molecule has 4 aromatic rings. The molecule has 0 amide bonds. The fourth-order valence-corrected chi connectivity index (χ4v) is 11.5. The molecule has 10 atom stereocenters. The van der Waals surface area contributed by atoms with E-state index in [1.54, 1.807) is 81.4 Å². The number of para-hydroxylation sites is 1. The van der Waals surface area contributed by atoms with E-state index in [1.165, 1.54) is 32.0 Å². The smallest absolute Gasteiger partial charge is 0.348 e. The zero-order chi connectivity index (χ0) is 50.1. The van der Waals surface area contributed by atoms with Gasteiger partial charge in [-0.15, -0.1) is 0 Å². The summed E-state index contributed by atoms with van der Waals surface area (Å²) in [6.45, 7) is 10.7. The van der Waals surface area contributed by atoms with Crippen LogP contribution in [0.3, 0.4) is 0 Å². The lowest BCUT2D eigenvalue weighted by Gasteiger charge is -2.67. The summed E-state index contributed by atoms with van der Waals surface area (Å²) >= 11 is 0. The van der Waals surface area contributed by atoms with Crippen molar-refractivity contribution in [3.05, 3.63) is 131 Å². The minimum absolute atomic E-state index is 0.0449. The van der Waals surface area contributed by atoms with Crippen molar-refractivity contribution in [1.82, 2.24) is 0 Å². The van der Waals surface area contributed by atoms with Crippen LogP contribution in [0.1, 0.15) is 86.4 Å². The maximum atomic E-state index is 15.7. The Labute approximate surface area is 404 Å². The molecule has 16 nitrogen and oxygen atoms in total. The van der Waals surface area contributed by atoms with Crippen molar-refractivity contribution in [2.75, 3.05) is 6.61 Å². The summed E-state index contributed by atoms with van der Waals surface area (Å²) < 4.78 is 52.6. The zero-order valence-corrected chi connectivity index (χ0v) is 40.2. The maximum Gasteiger partial charge on any atom is 0.348 e. The SMILES string of the molecule is CC(=O)O[C@H]1C(=O)[C@@]2(C)C([C@@H]3OC(=O)c4ccccc4O[C@]34C[C@H](OC(=O)[C@@H](Cc3ccccc3)OC(=O)c3ccc(Oc5cc[n+](C)c(C)c5)cc3)C(C)=C1C4(C)C)[C@]1(OC(C)=O)CO[C@@H]1C[C@@H]2O. The number of ketones is 1. The molecule has 3 aliphatic carbocycles. The molecule has 2 aliphatic heterocycles. The van der Waals surface area contributed by atoms with E-state index in [9.17, 15) is 29.1 Å². The minimum atomic E-state index is -1.95. The van der Waals surface area contributed by atoms with E-state index in [-0.39, 0.29) is 48.3 Å². The molecule has 3 aromatic carbocycles. The van der Waals surface area contributed by atoms with Gasteiger partial charge in [-0.2, -0.15) is 0 Å². The predicted molar refractivity (Wildman–Crippen MR) is 245 cm³/mol. The summed E-state index contributed by atoms with van der Waals surface area (Å²) in [6, 6.07) is 25.3. The molecule has 0 radical (unpaired) electrons. The minimum Gasteiger partial charge on any atom is -0.481 e. The molecular weight excluding hydrogens is 903 g/mol. The molecule has 2 bridgehead atoms. The van der Waals surface area contributed by atoms with Gasteiger partial charge in [0.2, 0.25) is 6.10 Å². The van der Waals surface area contributed by atoms with Gasteiger partial charge in [-0.05, 0) is 67.0 Å². The molecule has 3 heterocycles. The van der Waals surface area contributed by atoms with Crippen LogP contribution in [0.4, 0.5) is 0 Å². The summed E-state index contributed by atoms with van der Waals surface area (Å²) in [4.78, 5) is 85.6. The molecule has 1 aromatic heterocycles. The van der Waals surface area contributed by atoms with Gasteiger partial charge in [-0.3, -0.25) is 14.4 Å². The molecular formula is C54H56NO15+. The number of nitrogens with zero attached hydrogens (tertiary/aromatic N) is 1. The quantitative estimate of drug-likeness (QED) is 0.0840. The van der Waals surface area contributed by atoms with Crippen LogP contribution in [-0.2, 0) is 61.1 Å². The topological polar surface area (TPSA) is 200 Å². The summed E-state index contributed by atoms with van der Waals surface area (Å²) in [5.41, 5.74) is -4.63. The molecule has 2 saturated carbocycles. The molecule has 1 saturated heterocycles. The number of carbonyl (C=O) groups excluding carboxylic acids is 6. The third kappa shape index (κ3) is 7.90. The number of esters is 5. The molecule has 16 heteroatoms. The van der Waals surface area contributed by atoms with Gasteiger partial charge < -0.3 is 43.0 Å². The van der Waals surface area contributed by atoms with Gasteiger partial charge in [0.1, 0.15) is 42.1 Å². The first-order valence-corrected chi connectivity index (χ1v) is 23.3. The number of benzene rings is 3. The van der Waals surface area contributed by atoms with Crippen LogP contribution in [0.15, 0.2) is 108 Å². The van der Waals surface area contributed by atoms with Crippen molar-refractivity contribution < 1.29 is 76.3 Å². The number of rotatable bonds is 10. The first kappa shape index (κ1) is 48.1. The number of aliphatic hydroxyl groups is 1. The zero-order valence-electron chi connectivity index (χ0n) is 40.2. The first-order valence-electron chi connectivity index (χ1n) is 23.3. The maximum absolute atomic E-state index is 15.7. The summed E-state index contributed by atoms with van der Waals surface area (Å²) in [5, 5.41) is 12.2. The Hall–Kier alpha value is -6.91. The number of ether oxygens (including phenoxy) is 8. The van der Waals surface area contributed by atoms with Gasteiger partial charge in [0.15, 0.2) is 41.1 Å². The number of carbonyl (C=O) groups is 6. The van der Waals surface area contributed by atoms with Crippen LogP contribution in [-0.4, -0.2) is 95.2 Å². The molecule has 9 rings (SSSR count). The van der Waals surface area contributed by atoms with E-state index in [1.807, 2.05) is 36.9 Å². The second kappa shape index (κ2) is 17.8. The molecule has 70 heavy (non-hydrogen) atoms. The van der Waals surface area contributed by atoms with Crippen LogP contribution < -0.4 is 14.0 Å². The largest absolute Gasteiger partial charge is 0.481 e. The number of fused-ring (bicyclic) bond motifs is 6. The average Bonchev–Trinajstić information content (AvgIpc) is 3.43. The van der Waals surface area contributed by atoms with Crippen molar-refractivity contribution in [3.8, 4) is 17.2 Å². The van der Waals surface area contributed by atoms with Crippen LogP contribution in [0.25, 0.3) is 0 Å². The summed E-state index contributed by atoms with van der Waals surface area (Å²) in [5.74, 6) is -5.15. The van der Waals surface area contributed by atoms with E-state index in [0.717, 1.165) is 12.6 Å². The Bertz CT molecular complexity index is 2820. The fourth-order valence-electron chi connectivity index (χ4n) is 11.5. The van der Waals surface area contributed by atoms with Crippen molar-refractivity contribution in [2.45, 2.75) is 116 Å². The molecule has 1 unspecified atom stereocenters. The van der Waals surface area contributed by atoms with E-state index in [2.05, 4.69) is 0 Å². The van der Waals surface area contributed by atoms with Gasteiger partial charge >= 0.3 is 29.8 Å². The monoisotopic (exact) mass is 958 g/mol. The van der Waals surface area contributed by atoms with Crippen LogP contribution in [0.2, 0.25) is 0 Å². The van der Waals surface area contributed by atoms with Crippen molar-refractivity contribution in [2.24, 2.45) is 23.8 Å². The Morgan fingerprint density at radius 1 is 0.871 bits per heavy atom. The lowest BCUT2D eigenvalue weighted by atomic mass is 9.44. The molecule has 1 N–H and O–H groups in total. The number of hydrogen-bond donors (Lipinski definition) is 1. The van der Waals surface area contributed by atoms with Gasteiger partial charge in [0, 0.05) is 57.6 Å². The normalized spacial score (nSPS) is 29.7. The van der Waals surface area contributed by atoms with Crippen molar-refractivity contribution in [1.29, 1.82) is 0 Å². The number of aromatic nitrogens is 1. The van der Waals surface area contributed by atoms with Crippen LogP contribution >= 0.6 is 0 Å². The second-order valence-electron chi connectivity index (χ2n) is 19.7. The highest BCUT2D eigenvalue weighted by molar-refractivity contribution is 5.97. The number of pyridine rings is 1. The lowest BCUT2D eigenvalue weighted by Crippen LogP contribution is -2.82. The fraction of sp³-hybridized carbons (Fsp3) is 0.426. The third-order valence-electron chi connectivity index (χ3n) is 15.3. The third-order valence-corrected chi connectivity index (χ3v) is 15.3. The van der Waals surface area contributed by atoms with Crippen LogP contribution in [0.5, 0.6) is 17.2 Å². The Kier molecular flexibility index (Phi) is 12.2. The van der Waals surface area contributed by atoms with Gasteiger partial charge in [-0.25, -0.2) is 19.0 Å². The number of hydrogen-bond acceptors (Lipinski definition) is 15. The number of Topliss-reactive ketones (excluding diaryl/α,β-unsaturated/α-hetero) is 1. The summed E-state index contributed by atoms with van der Waals surface area (Å²) in [6.07, 6.45) is -7.20. The van der Waals surface area contributed by atoms with Crippen molar-refractivity contribution in [3.63, 3.8) is 0 Å². The standard InChI is InChI=1S/C54H56NO15/c1-29-24-36(22-23-55(29)8)65-35-20-18-34(19-21-35)48(60)66-39(25-33-14-10-9-11-15-33)50(62)67-40-27-54-47(68-49(61)37-16-12-13-17-38(37)70-54)45-52(7,41(58)26-42-53(45,28-63-42)69-32(4)57)46(59)44(64-31(3)56)43(30(40)2)51(54,5)6/h9-24,39-42,44-45,47,58H,25-28H2,1-8H3/q+1/t39-,40+,41+,42-,44-,45?,47+,52-,53+,54-/m1/s1. The van der Waals surface area contributed by atoms with E-state index < -0.39 is 100 Å². The summed E-state index contributed by atoms with van der Waals surface area (Å²) in [7, 11) is 1.92. The van der Waals surface area contributed by atoms with Crippen LogP contribution in [0, 0.1) is 23.7 Å². The Balaban J connectivity index is 1.15. The first-order chi connectivity index (χ1) is 33.2. The molecule has 3 fully saturated rings. The van der Waals surface area contributed by atoms with E-state index >= 15 is 4.79 Å². The Morgan fingerprint density at radius 3 is 2.23 bits per heavy atom. The highest BCUT2D eigenvalue weighted by Gasteiger charge is 2.79. The van der Waals surface area contributed by atoms with Gasteiger partial charge in [0.25, 0.3) is 0 Å². The highest BCUT2D eigenvalue weighted by atomic mass is 16.6. The number of aryl methyl sites for hydroxylation is 2. The lowest BCUT2D eigenvalue weighted by molar-refractivity contribution is -0.677. The molecule has 366 valence electrons. The van der Waals surface area contributed by atoms with Gasteiger partial charge in [-0.1, -0.05) is 56.3 Å². The second-order valence-corrected chi connectivity index (χ2v) is 19.7. The van der Waals surface area contributed by atoms with E-state index in [4.69, 9.17) is 37.9 Å². The predicted octanol–water partition coefficient (Wildman–Crippen LogP) is 6.00. The van der Waals surface area contributed by atoms with Gasteiger partial charge in [0.05, 0.1) is 29.6 Å². The number of aliphatic hydroxyl groups excluding tert-OH is 1.